The summed E-state index contributed by atoms with van der Waals surface area (Å²) in [4.78, 5) is 0. The lowest BCUT2D eigenvalue weighted by molar-refractivity contribution is -0.274. The molecule has 1 saturated heterocycles. The van der Waals surface area contributed by atoms with E-state index in [-0.39, 0.29) is 5.75 Å². The van der Waals surface area contributed by atoms with Crippen molar-refractivity contribution in [2.75, 3.05) is 13.2 Å². The average molecular weight is 303 g/mol. The van der Waals surface area contributed by atoms with E-state index in [0.717, 1.165) is 31.6 Å². The van der Waals surface area contributed by atoms with Gasteiger partial charge < -0.3 is 14.8 Å². The molecule has 6 heteroatoms. The standard InChI is InChI=1S/C15H20F3NO2/c1-11(13-6-8-20-9-7-13)19-10-12-2-4-14(5-3-12)21-15(16,17)18/h2-5,11,13,19H,6-10H2,1H3. The largest absolute Gasteiger partial charge is 0.573 e. The number of nitrogens with one attached hydrogen (secondary N) is 1. The van der Waals surface area contributed by atoms with Crippen LogP contribution in [0.3, 0.4) is 0 Å². The summed E-state index contributed by atoms with van der Waals surface area (Å²) >= 11 is 0. The van der Waals surface area contributed by atoms with Crippen molar-refractivity contribution in [2.24, 2.45) is 5.92 Å². The topological polar surface area (TPSA) is 30.5 Å². The number of hydrogen-bond acceptors (Lipinski definition) is 3. The van der Waals surface area contributed by atoms with Crippen LogP contribution in [0.1, 0.15) is 25.3 Å². The van der Waals surface area contributed by atoms with Crippen molar-refractivity contribution >= 4 is 0 Å². The van der Waals surface area contributed by atoms with Crippen LogP contribution < -0.4 is 10.1 Å². The van der Waals surface area contributed by atoms with Crippen LogP contribution >= 0.6 is 0 Å². The second-order valence-electron chi connectivity index (χ2n) is 5.31. The van der Waals surface area contributed by atoms with Crippen LogP contribution in [-0.4, -0.2) is 25.6 Å². The molecule has 118 valence electrons. The van der Waals surface area contributed by atoms with Gasteiger partial charge in [0, 0.05) is 25.8 Å². The molecule has 0 saturated carbocycles. The zero-order valence-corrected chi connectivity index (χ0v) is 12.0. The van der Waals surface area contributed by atoms with Crippen molar-refractivity contribution in [1.82, 2.24) is 5.32 Å². The summed E-state index contributed by atoms with van der Waals surface area (Å²) in [6.45, 7) is 4.38. The SMILES string of the molecule is CC(NCc1ccc(OC(F)(F)F)cc1)C1CCOCC1. The van der Waals surface area contributed by atoms with E-state index < -0.39 is 6.36 Å². The van der Waals surface area contributed by atoms with Gasteiger partial charge in [0.05, 0.1) is 0 Å². The minimum absolute atomic E-state index is 0.191. The zero-order chi connectivity index (χ0) is 15.3. The minimum atomic E-state index is -4.64. The Morgan fingerprint density at radius 2 is 1.86 bits per heavy atom. The molecule has 1 fully saturated rings. The second-order valence-corrected chi connectivity index (χ2v) is 5.31. The van der Waals surface area contributed by atoms with Crippen LogP contribution in [-0.2, 0) is 11.3 Å². The summed E-state index contributed by atoms with van der Waals surface area (Å²) in [5.41, 5.74) is 0.934. The summed E-state index contributed by atoms with van der Waals surface area (Å²) in [6, 6.07) is 6.32. The van der Waals surface area contributed by atoms with E-state index in [1.807, 2.05) is 0 Å². The number of benzene rings is 1. The van der Waals surface area contributed by atoms with Crippen molar-refractivity contribution in [1.29, 1.82) is 0 Å². The van der Waals surface area contributed by atoms with E-state index in [1.54, 1.807) is 12.1 Å². The molecule has 1 atom stereocenters. The number of alkyl halides is 3. The molecule has 1 unspecified atom stereocenters. The van der Waals surface area contributed by atoms with E-state index in [0.29, 0.717) is 18.5 Å². The first-order valence-electron chi connectivity index (χ1n) is 7.10. The van der Waals surface area contributed by atoms with E-state index >= 15 is 0 Å². The maximum atomic E-state index is 12.1. The highest BCUT2D eigenvalue weighted by atomic mass is 19.4. The molecule has 0 aliphatic carbocycles. The van der Waals surface area contributed by atoms with Gasteiger partial charge in [0.25, 0.3) is 0 Å². The van der Waals surface area contributed by atoms with Crippen LogP contribution in [0.4, 0.5) is 13.2 Å². The molecule has 0 radical (unpaired) electrons. The van der Waals surface area contributed by atoms with Gasteiger partial charge in [0.2, 0.25) is 0 Å². The fraction of sp³-hybridized carbons (Fsp3) is 0.600. The highest BCUT2D eigenvalue weighted by molar-refractivity contribution is 5.27. The van der Waals surface area contributed by atoms with Crippen molar-refractivity contribution in [3.8, 4) is 5.75 Å². The smallest absolute Gasteiger partial charge is 0.406 e. The third-order valence-electron chi connectivity index (χ3n) is 3.76. The molecule has 21 heavy (non-hydrogen) atoms. The molecule has 0 aromatic heterocycles. The van der Waals surface area contributed by atoms with Crippen LogP contribution in [0, 0.1) is 5.92 Å². The predicted molar refractivity (Wildman–Crippen MR) is 73.0 cm³/mol. The molecule has 1 aromatic carbocycles. The lowest BCUT2D eigenvalue weighted by Crippen LogP contribution is -2.36. The quantitative estimate of drug-likeness (QED) is 0.903. The van der Waals surface area contributed by atoms with Gasteiger partial charge in [-0.25, -0.2) is 0 Å². The normalized spacial score (nSPS) is 18.5. The number of rotatable bonds is 5. The van der Waals surface area contributed by atoms with Crippen LogP contribution in [0.5, 0.6) is 5.75 Å². The molecule has 1 N–H and O–H groups in total. The van der Waals surface area contributed by atoms with Crippen LogP contribution in [0.25, 0.3) is 0 Å². The Labute approximate surface area is 122 Å². The summed E-state index contributed by atoms with van der Waals surface area (Å²) < 4.78 is 45.3. The van der Waals surface area contributed by atoms with E-state index in [2.05, 4.69) is 17.0 Å². The fourth-order valence-electron chi connectivity index (χ4n) is 2.47. The maximum absolute atomic E-state index is 12.1. The summed E-state index contributed by atoms with van der Waals surface area (Å²) in [7, 11) is 0. The molecule has 0 bridgehead atoms. The Hall–Kier alpha value is -1.27. The molecular weight excluding hydrogens is 283 g/mol. The van der Waals surface area contributed by atoms with Gasteiger partial charge in [-0.2, -0.15) is 0 Å². The molecule has 0 spiro atoms. The van der Waals surface area contributed by atoms with Gasteiger partial charge in [-0.3, -0.25) is 0 Å². The highest BCUT2D eigenvalue weighted by Gasteiger charge is 2.30. The van der Waals surface area contributed by atoms with Gasteiger partial charge in [-0.1, -0.05) is 12.1 Å². The van der Waals surface area contributed by atoms with Crippen molar-refractivity contribution in [3.05, 3.63) is 29.8 Å². The Bertz CT molecular complexity index is 428. The van der Waals surface area contributed by atoms with Gasteiger partial charge in [0.15, 0.2) is 0 Å². The van der Waals surface area contributed by atoms with Gasteiger partial charge >= 0.3 is 6.36 Å². The van der Waals surface area contributed by atoms with Gasteiger partial charge in [-0.05, 0) is 43.4 Å². The summed E-state index contributed by atoms with van der Waals surface area (Å²) in [5.74, 6) is 0.398. The van der Waals surface area contributed by atoms with Crippen molar-refractivity contribution in [3.63, 3.8) is 0 Å². The van der Waals surface area contributed by atoms with Crippen molar-refractivity contribution < 1.29 is 22.6 Å². The first-order valence-corrected chi connectivity index (χ1v) is 7.10. The average Bonchev–Trinajstić information content (AvgIpc) is 2.45. The molecule has 1 heterocycles. The molecule has 3 nitrogen and oxygen atoms in total. The highest BCUT2D eigenvalue weighted by Crippen LogP contribution is 2.23. The van der Waals surface area contributed by atoms with Crippen LogP contribution in [0.15, 0.2) is 24.3 Å². The van der Waals surface area contributed by atoms with E-state index in [9.17, 15) is 13.2 Å². The zero-order valence-electron chi connectivity index (χ0n) is 12.0. The molecule has 1 aromatic rings. The predicted octanol–water partition coefficient (Wildman–Crippen LogP) is 3.49. The number of halogens is 3. The number of ether oxygens (including phenoxy) is 2. The first-order chi connectivity index (χ1) is 9.94. The number of hydrogen-bond donors (Lipinski definition) is 1. The minimum Gasteiger partial charge on any atom is -0.406 e. The fourth-order valence-corrected chi connectivity index (χ4v) is 2.47. The maximum Gasteiger partial charge on any atom is 0.573 e. The first kappa shape index (κ1) is 16.1. The van der Waals surface area contributed by atoms with E-state index in [1.165, 1.54) is 12.1 Å². The summed E-state index contributed by atoms with van der Waals surface area (Å²) in [6.07, 6.45) is -2.55. The Morgan fingerprint density at radius 3 is 2.43 bits per heavy atom. The van der Waals surface area contributed by atoms with Gasteiger partial charge in [0.1, 0.15) is 5.75 Å². The van der Waals surface area contributed by atoms with E-state index in [4.69, 9.17) is 4.74 Å². The second kappa shape index (κ2) is 7.13. The Kier molecular flexibility index (Phi) is 5.47. The Morgan fingerprint density at radius 1 is 1.24 bits per heavy atom. The molecule has 0 amide bonds. The van der Waals surface area contributed by atoms with Gasteiger partial charge in [-0.15, -0.1) is 13.2 Å². The molecule has 1 aliphatic heterocycles. The van der Waals surface area contributed by atoms with Crippen molar-refractivity contribution in [2.45, 2.75) is 38.7 Å². The summed E-state index contributed by atoms with van der Waals surface area (Å²) in [5, 5.41) is 3.42. The molecule has 1 aliphatic rings. The lowest BCUT2D eigenvalue weighted by atomic mass is 9.93. The molecule has 2 rings (SSSR count). The molecular formula is C15H20F3NO2. The third-order valence-corrected chi connectivity index (χ3v) is 3.76. The third kappa shape index (κ3) is 5.55. The monoisotopic (exact) mass is 303 g/mol. The Balaban J connectivity index is 1.80. The van der Waals surface area contributed by atoms with Crippen LogP contribution in [0.2, 0.25) is 0 Å². The lowest BCUT2D eigenvalue weighted by Gasteiger charge is -2.28.